The Morgan fingerprint density at radius 3 is 2.74 bits per heavy atom. The molecule has 11 heteroatoms. The van der Waals surface area contributed by atoms with E-state index < -0.39 is 0 Å². The molecule has 1 fully saturated rings. The average molecular weight is 576 g/mol. The highest BCUT2D eigenvalue weighted by Crippen LogP contribution is 2.35. The van der Waals surface area contributed by atoms with Gasteiger partial charge in [-0.2, -0.15) is 5.10 Å². The van der Waals surface area contributed by atoms with Crippen molar-refractivity contribution >= 4 is 39.3 Å². The van der Waals surface area contributed by atoms with Crippen LogP contribution < -0.4 is 10.6 Å². The minimum Gasteiger partial charge on any atom is -0.384 e. The molecule has 5 aromatic heterocycles. The molecule has 10 nitrogen and oxygen atoms in total. The van der Waals surface area contributed by atoms with Crippen LogP contribution in [0.2, 0.25) is 0 Å². The van der Waals surface area contributed by atoms with Gasteiger partial charge in [0.1, 0.15) is 22.7 Å². The van der Waals surface area contributed by atoms with Crippen molar-refractivity contribution in [1.82, 2.24) is 35.0 Å². The van der Waals surface area contributed by atoms with Crippen molar-refractivity contribution < 1.29 is 9.18 Å². The number of pyridine rings is 3. The van der Waals surface area contributed by atoms with E-state index in [0.717, 1.165) is 58.4 Å². The van der Waals surface area contributed by atoms with Gasteiger partial charge in [-0.25, -0.2) is 14.4 Å². The Kier molecular flexibility index (Phi) is 6.78. The van der Waals surface area contributed by atoms with Crippen molar-refractivity contribution in [1.29, 1.82) is 0 Å². The second-order valence-corrected chi connectivity index (χ2v) is 11.2. The number of aromatic amines is 2. The summed E-state index contributed by atoms with van der Waals surface area (Å²) in [7, 11) is 4.00. The van der Waals surface area contributed by atoms with Crippen LogP contribution in [0.4, 0.5) is 15.8 Å². The van der Waals surface area contributed by atoms with Crippen molar-refractivity contribution in [3.8, 4) is 33.8 Å². The molecule has 4 N–H and O–H groups in total. The van der Waals surface area contributed by atoms with Crippen LogP contribution in [0, 0.1) is 11.7 Å². The maximum Gasteiger partial charge on any atom is 0.227 e. The molecule has 216 valence electrons. The van der Waals surface area contributed by atoms with Crippen molar-refractivity contribution in [2.75, 3.05) is 37.8 Å². The van der Waals surface area contributed by atoms with Crippen LogP contribution in [0.25, 0.3) is 55.8 Å². The summed E-state index contributed by atoms with van der Waals surface area (Å²) >= 11 is 0. The first kappa shape index (κ1) is 26.7. The van der Waals surface area contributed by atoms with E-state index in [9.17, 15) is 9.18 Å². The first-order valence-corrected chi connectivity index (χ1v) is 14.2. The van der Waals surface area contributed by atoms with Gasteiger partial charge in [-0.05, 0) is 86.6 Å². The molecule has 43 heavy (non-hydrogen) atoms. The van der Waals surface area contributed by atoms with Gasteiger partial charge in [-0.15, -0.1) is 0 Å². The van der Waals surface area contributed by atoms with Crippen molar-refractivity contribution in [2.45, 2.75) is 12.8 Å². The van der Waals surface area contributed by atoms with Crippen LogP contribution in [0.1, 0.15) is 12.8 Å². The summed E-state index contributed by atoms with van der Waals surface area (Å²) in [6.45, 7) is 1.53. The SMILES string of the molecule is CN(C)CCNc1cc(F)cc(-c2ccnc3[nH]c(-c4n[nH]c5ccc(-c6cncc(NC(=O)C7CC7)c6)nc45)cc23)c1. The standard InChI is InChI=1S/C32H30FN9O/c1-42(2)10-9-35-22-12-19(11-21(33)14-22)24-7-8-36-31-25(24)15-28(39-31)30-29-27(40-41-30)6-5-26(38-29)20-13-23(17-34-16-20)37-32(43)18-3-4-18/h5-8,11-18,35H,3-4,9-10H2,1-2H3,(H,36,39)(H,37,43)(H,40,41). The summed E-state index contributed by atoms with van der Waals surface area (Å²) in [5, 5.41) is 14.7. The molecule has 0 atom stereocenters. The van der Waals surface area contributed by atoms with Gasteiger partial charge in [-0.3, -0.25) is 14.9 Å². The van der Waals surface area contributed by atoms with E-state index in [-0.39, 0.29) is 17.6 Å². The third-order valence-electron chi connectivity index (χ3n) is 7.54. The van der Waals surface area contributed by atoms with Gasteiger partial charge < -0.3 is 20.5 Å². The molecule has 0 aliphatic heterocycles. The fourth-order valence-corrected chi connectivity index (χ4v) is 5.16. The predicted octanol–water partition coefficient (Wildman–Crippen LogP) is 5.69. The number of hydrogen-bond acceptors (Lipinski definition) is 7. The number of rotatable bonds is 9. The molecular weight excluding hydrogens is 545 g/mol. The number of carbonyl (C=O) groups is 1. The van der Waals surface area contributed by atoms with E-state index in [4.69, 9.17) is 4.98 Å². The normalized spacial score (nSPS) is 13.2. The highest BCUT2D eigenvalue weighted by molar-refractivity contribution is 5.99. The zero-order chi connectivity index (χ0) is 29.5. The molecule has 0 radical (unpaired) electrons. The van der Waals surface area contributed by atoms with Gasteiger partial charge in [0, 0.05) is 48.0 Å². The van der Waals surface area contributed by atoms with Gasteiger partial charge in [-0.1, -0.05) is 0 Å². The highest BCUT2D eigenvalue weighted by Gasteiger charge is 2.29. The number of anilines is 2. The van der Waals surface area contributed by atoms with Gasteiger partial charge >= 0.3 is 0 Å². The highest BCUT2D eigenvalue weighted by atomic mass is 19.1. The fraction of sp³-hybridized carbons (Fsp3) is 0.219. The number of nitrogens with zero attached hydrogens (tertiary/aromatic N) is 5. The van der Waals surface area contributed by atoms with E-state index in [1.165, 1.54) is 12.1 Å². The van der Waals surface area contributed by atoms with Gasteiger partial charge in [0.25, 0.3) is 0 Å². The van der Waals surface area contributed by atoms with Crippen LogP contribution in [0.15, 0.2) is 67.1 Å². The third kappa shape index (κ3) is 5.54. The van der Waals surface area contributed by atoms with Crippen LogP contribution in [0.3, 0.4) is 0 Å². The Morgan fingerprint density at radius 2 is 1.91 bits per heavy atom. The molecule has 0 spiro atoms. The van der Waals surface area contributed by atoms with Crippen molar-refractivity contribution in [3.05, 3.63) is 72.9 Å². The number of fused-ring (bicyclic) bond motifs is 2. The van der Waals surface area contributed by atoms with Crippen molar-refractivity contribution in [2.24, 2.45) is 5.92 Å². The number of likely N-dealkylation sites (N-methyl/N-ethyl adjacent to an activating group) is 1. The zero-order valence-electron chi connectivity index (χ0n) is 23.8. The Labute approximate surface area is 246 Å². The monoisotopic (exact) mass is 575 g/mol. The number of nitrogens with one attached hydrogen (secondary N) is 4. The second kappa shape index (κ2) is 10.9. The Morgan fingerprint density at radius 1 is 1.05 bits per heavy atom. The summed E-state index contributed by atoms with van der Waals surface area (Å²) in [6.07, 6.45) is 6.94. The van der Waals surface area contributed by atoms with Crippen LogP contribution in [0.5, 0.6) is 0 Å². The minimum atomic E-state index is -0.314. The van der Waals surface area contributed by atoms with Crippen molar-refractivity contribution in [3.63, 3.8) is 0 Å². The smallest absolute Gasteiger partial charge is 0.227 e. The largest absolute Gasteiger partial charge is 0.384 e. The molecule has 6 aromatic rings. The number of halogens is 1. The molecule has 1 saturated carbocycles. The van der Waals surface area contributed by atoms with E-state index in [0.29, 0.717) is 34.8 Å². The van der Waals surface area contributed by atoms with Gasteiger partial charge in [0.2, 0.25) is 5.91 Å². The lowest BCUT2D eigenvalue weighted by Gasteiger charge is -2.13. The van der Waals surface area contributed by atoms with E-state index in [2.05, 4.69) is 40.7 Å². The minimum absolute atomic E-state index is 0.0290. The van der Waals surface area contributed by atoms with Gasteiger partial charge in [0.15, 0.2) is 0 Å². The maximum atomic E-state index is 14.7. The lowest BCUT2D eigenvalue weighted by atomic mass is 10.0. The molecule has 1 amide bonds. The van der Waals surface area contributed by atoms with E-state index in [1.807, 2.05) is 50.5 Å². The fourth-order valence-electron chi connectivity index (χ4n) is 5.16. The molecular formula is C32H30FN9O. The zero-order valence-corrected chi connectivity index (χ0v) is 23.8. The van der Waals surface area contributed by atoms with Crippen LogP contribution in [-0.4, -0.2) is 68.1 Å². The number of benzene rings is 1. The summed E-state index contributed by atoms with van der Waals surface area (Å²) < 4.78 is 14.7. The predicted molar refractivity (Wildman–Crippen MR) is 166 cm³/mol. The summed E-state index contributed by atoms with van der Waals surface area (Å²) in [5.41, 5.74) is 7.93. The number of H-pyrrole nitrogens is 2. The third-order valence-corrected chi connectivity index (χ3v) is 7.54. The molecule has 0 saturated heterocycles. The summed E-state index contributed by atoms with van der Waals surface area (Å²) in [6, 6.07) is 14.5. The average Bonchev–Trinajstić information content (AvgIpc) is 3.62. The number of amides is 1. The molecule has 5 heterocycles. The molecule has 1 aliphatic carbocycles. The molecule has 0 unspecified atom stereocenters. The van der Waals surface area contributed by atoms with Gasteiger partial charge in [0.05, 0.1) is 28.8 Å². The number of hydrogen-bond donors (Lipinski definition) is 4. The molecule has 1 aliphatic rings. The number of carbonyl (C=O) groups excluding carboxylic acids is 1. The molecule has 0 bridgehead atoms. The molecule has 7 rings (SSSR count). The molecule has 1 aromatic carbocycles. The topological polar surface area (TPSA) is 128 Å². The van der Waals surface area contributed by atoms with Crippen LogP contribution in [-0.2, 0) is 4.79 Å². The lowest BCUT2D eigenvalue weighted by Crippen LogP contribution is -2.20. The maximum absolute atomic E-state index is 14.7. The first-order valence-electron chi connectivity index (χ1n) is 14.2. The van der Waals surface area contributed by atoms with Crippen LogP contribution >= 0.6 is 0 Å². The van der Waals surface area contributed by atoms with E-state index >= 15 is 0 Å². The Balaban J connectivity index is 1.23. The summed E-state index contributed by atoms with van der Waals surface area (Å²) in [5.74, 6) is -0.182. The Hall–Kier alpha value is -5.16. The quantitative estimate of drug-likeness (QED) is 0.174. The number of aromatic nitrogens is 6. The van der Waals surface area contributed by atoms with E-state index in [1.54, 1.807) is 18.6 Å². The second-order valence-electron chi connectivity index (χ2n) is 11.2. The summed E-state index contributed by atoms with van der Waals surface area (Å²) in [4.78, 5) is 31.5. The first-order chi connectivity index (χ1) is 20.9. The lowest BCUT2D eigenvalue weighted by molar-refractivity contribution is -0.117. The Bertz CT molecular complexity index is 1980.